The minimum Gasteiger partial charge on any atom is -0.406 e. The Kier molecular flexibility index (Phi) is 5.07. The highest BCUT2D eigenvalue weighted by Crippen LogP contribution is 2.25. The Bertz CT molecular complexity index is 373. The van der Waals surface area contributed by atoms with Crippen molar-refractivity contribution >= 4 is 0 Å². The van der Waals surface area contributed by atoms with Crippen LogP contribution >= 0.6 is 0 Å². The van der Waals surface area contributed by atoms with Gasteiger partial charge in [-0.15, -0.1) is 13.2 Å². The monoisotopic (exact) mass is 259 g/mol. The molecular formula is C13H16F3NO. The van der Waals surface area contributed by atoms with Crippen LogP contribution in [0.5, 0.6) is 5.75 Å². The average Bonchev–Trinajstić information content (AvgIpc) is 2.28. The molecule has 0 fully saturated rings. The van der Waals surface area contributed by atoms with Gasteiger partial charge in [-0.25, -0.2) is 0 Å². The van der Waals surface area contributed by atoms with Crippen molar-refractivity contribution < 1.29 is 17.9 Å². The zero-order valence-corrected chi connectivity index (χ0v) is 10.1. The first kappa shape index (κ1) is 14.4. The van der Waals surface area contributed by atoms with E-state index in [1.807, 2.05) is 6.92 Å². The maximum atomic E-state index is 12.0. The quantitative estimate of drug-likeness (QED) is 0.828. The molecule has 1 N–H and O–H groups in total. The van der Waals surface area contributed by atoms with Crippen molar-refractivity contribution in [1.82, 2.24) is 5.32 Å². The molecule has 5 heteroatoms. The SMILES string of the molecule is C=CNC(CCC)c1ccc(OC(F)(F)F)cc1. The zero-order chi connectivity index (χ0) is 13.6. The zero-order valence-electron chi connectivity index (χ0n) is 10.1. The highest BCUT2D eigenvalue weighted by Gasteiger charge is 2.31. The molecule has 0 aliphatic carbocycles. The molecule has 1 aromatic carbocycles. The van der Waals surface area contributed by atoms with Gasteiger partial charge in [-0.05, 0) is 30.3 Å². The molecule has 1 rings (SSSR count). The maximum Gasteiger partial charge on any atom is 0.573 e. The minimum absolute atomic E-state index is 0.0624. The fourth-order valence-corrected chi connectivity index (χ4v) is 1.68. The van der Waals surface area contributed by atoms with Gasteiger partial charge < -0.3 is 10.1 Å². The van der Waals surface area contributed by atoms with Crippen molar-refractivity contribution in [2.24, 2.45) is 0 Å². The van der Waals surface area contributed by atoms with Crippen LogP contribution in [0.25, 0.3) is 0 Å². The summed E-state index contributed by atoms with van der Waals surface area (Å²) in [6, 6.07) is 5.94. The normalized spacial score (nSPS) is 12.9. The fraction of sp³-hybridized carbons (Fsp3) is 0.385. The Balaban J connectivity index is 2.76. The number of ether oxygens (including phenoxy) is 1. The molecule has 1 unspecified atom stereocenters. The Morgan fingerprint density at radius 2 is 1.94 bits per heavy atom. The summed E-state index contributed by atoms with van der Waals surface area (Å²) in [7, 11) is 0. The van der Waals surface area contributed by atoms with E-state index in [4.69, 9.17) is 0 Å². The molecule has 0 amide bonds. The molecule has 0 saturated heterocycles. The summed E-state index contributed by atoms with van der Waals surface area (Å²) >= 11 is 0. The first-order chi connectivity index (χ1) is 8.46. The summed E-state index contributed by atoms with van der Waals surface area (Å²) in [4.78, 5) is 0. The van der Waals surface area contributed by atoms with Crippen LogP contribution in [0.4, 0.5) is 13.2 Å². The molecule has 0 spiro atoms. The van der Waals surface area contributed by atoms with E-state index in [-0.39, 0.29) is 11.8 Å². The van der Waals surface area contributed by atoms with Gasteiger partial charge in [0.05, 0.1) is 6.04 Å². The lowest BCUT2D eigenvalue weighted by Gasteiger charge is -2.17. The number of rotatable bonds is 6. The molecule has 0 aliphatic heterocycles. The smallest absolute Gasteiger partial charge is 0.406 e. The van der Waals surface area contributed by atoms with E-state index in [1.54, 1.807) is 18.3 Å². The first-order valence-corrected chi connectivity index (χ1v) is 5.69. The molecule has 0 heterocycles. The van der Waals surface area contributed by atoms with Crippen molar-refractivity contribution in [2.75, 3.05) is 0 Å². The highest BCUT2D eigenvalue weighted by molar-refractivity contribution is 5.29. The lowest BCUT2D eigenvalue weighted by molar-refractivity contribution is -0.274. The van der Waals surface area contributed by atoms with E-state index < -0.39 is 6.36 Å². The number of hydrogen-bond donors (Lipinski definition) is 1. The topological polar surface area (TPSA) is 21.3 Å². The van der Waals surface area contributed by atoms with Gasteiger partial charge in [0.2, 0.25) is 0 Å². The summed E-state index contributed by atoms with van der Waals surface area (Å²) < 4.78 is 39.8. The number of alkyl halides is 3. The van der Waals surface area contributed by atoms with Gasteiger partial charge in [0.25, 0.3) is 0 Å². The molecule has 0 bridgehead atoms. The molecule has 18 heavy (non-hydrogen) atoms. The van der Waals surface area contributed by atoms with Gasteiger partial charge in [0, 0.05) is 0 Å². The largest absolute Gasteiger partial charge is 0.573 e. The van der Waals surface area contributed by atoms with Gasteiger partial charge >= 0.3 is 6.36 Å². The molecule has 0 aromatic heterocycles. The molecule has 1 aromatic rings. The minimum atomic E-state index is -4.65. The van der Waals surface area contributed by atoms with Gasteiger partial charge in [-0.2, -0.15) is 0 Å². The standard InChI is InChI=1S/C13H16F3NO/c1-3-5-12(17-4-2)10-6-8-11(9-7-10)18-13(14,15)16/h4,6-9,12,17H,2-3,5H2,1H3. The van der Waals surface area contributed by atoms with Gasteiger partial charge in [-0.1, -0.05) is 32.1 Å². The molecule has 1 atom stereocenters. The van der Waals surface area contributed by atoms with Crippen LogP contribution in [0.3, 0.4) is 0 Å². The van der Waals surface area contributed by atoms with Crippen LogP contribution in [0.1, 0.15) is 31.4 Å². The third-order valence-electron chi connectivity index (χ3n) is 2.41. The van der Waals surface area contributed by atoms with Crippen molar-refractivity contribution in [3.8, 4) is 5.75 Å². The van der Waals surface area contributed by atoms with Crippen LogP contribution < -0.4 is 10.1 Å². The van der Waals surface area contributed by atoms with Crippen LogP contribution in [-0.4, -0.2) is 6.36 Å². The second-order valence-corrected chi connectivity index (χ2v) is 3.83. The Morgan fingerprint density at radius 3 is 2.39 bits per heavy atom. The Morgan fingerprint density at radius 1 is 1.33 bits per heavy atom. The van der Waals surface area contributed by atoms with Crippen molar-refractivity contribution in [3.05, 3.63) is 42.6 Å². The third kappa shape index (κ3) is 4.69. The fourth-order valence-electron chi connectivity index (χ4n) is 1.68. The predicted molar refractivity (Wildman–Crippen MR) is 64.1 cm³/mol. The summed E-state index contributed by atoms with van der Waals surface area (Å²) in [5, 5.41) is 3.07. The molecule has 100 valence electrons. The van der Waals surface area contributed by atoms with Crippen LogP contribution in [0.2, 0.25) is 0 Å². The Labute approximate surface area is 104 Å². The second kappa shape index (κ2) is 6.33. The van der Waals surface area contributed by atoms with E-state index in [2.05, 4.69) is 16.6 Å². The first-order valence-electron chi connectivity index (χ1n) is 5.69. The molecular weight excluding hydrogens is 243 g/mol. The molecule has 0 aliphatic rings. The highest BCUT2D eigenvalue weighted by atomic mass is 19.4. The Hall–Kier alpha value is -1.65. The molecule has 0 radical (unpaired) electrons. The summed E-state index contributed by atoms with van der Waals surface area (Å²) in [5.41, 5.74) is 0.909. The number of halogens is 3. The van der Waals surface area contributed by atoms with Crippen molar-refractivity contribution in [3.63, 3.8) is 0 Å². The van der Waals surface area contributed by atoms with Gasteiger partial charge in [-0.3, -0.25) is 0 Å². The van der Waals surface area contributed by atoms with Crippen molar-refractivity contribution in [1.29, 1.82) is 0 Å². The summed E-state index contributed by atoms with van der Waals surface area (Å²) in [6.07, 6.45) is -1.22. The van der Waals surface area contributed by atoms with E-state index in [1.165, 1.54) is 12.1 Å². The van der Waals surface area contributed by atoms with E-state index >= 15 is 0 Å². The molecule has 0 saturated carbocycles. The van der Waals surface area contributed by atoms with Crippen molar-refractivity contribution in [2.45, 2.75) is 32.2 Å². The van der Waals surface area contributed by atoms with Gasteiger partial charge in [0.1, 0.15) is 5.75 Å². The summed E-state index contributed by atoms with van der Waals surface area (Å²) in [5.74, 6) is -0.208. The maximum absolute atomic E-state index is 12.0. The number of hydrogen-bond acceptors (Lipinski definition) is 2. The number of benzene rings is 1. The van der Waals surface area contributed by atoms with E-state index in [0.29, 0.717) is 0 Å². The van der Waals surface area contributed by atoms with E-state index in [9.17, 15) is 13.2 Å². The predicted octanol–water partition coefficient (Wildman–Crippen LogP) is 4.16. The van der Waals surface area contributed by atoms with E-state index in [0.717, 1.165) is 18.4 Å². The molecule has 2 nitrogen and oxygen atoms in total. The lowest BCUT2D eigenvalue weighted by Crippen LogP contribution is -2.17. The van der Waals surface area contributed by atoms with Crippen LogP contribution in [0, 0.1) is 0 Å². The van der Waals surface area contributed by atoms with Crippen LogP contribution in [-0.2, 0) is 0 Å². The third-order valence-corrected chi connectivity index (χ3v) is 2.41. The van der Waals surface area contributed by atoms with Gasteiger partial charge in [0.15, 0.2) is 0 Å². The lowest BCUT2D eigenvalue weighted by atomic mass is 10.0. The number of nitrogens with one attached hydrogen (secondary N) is 1. The second-order valence-electron chi connectivity index (χ2n) is 3.83. The summed E-state index contributed by atoms with van der Waals surface area (Å²) in [6.45, 7) is 5.63. The average molecular weight is 259 g/mol. The van der Waals surface area contributed by atoms with Crippen LogP contribution in [0.15, 0.2) is 37.0 Å².